The van der Waals surface area contributed by atoms with Gasteiger partial charge in [-0.2, -0.15) is 0 Å². The van der Waals surface area contributed by atoms with Gasteiger partial charge in [-0.25, -0.2) is 9.48 Å². The van der Waals surface area contributed by atoms with Crippen LogP contribution in [-0.4, -0.2) is 36.3 Å². The van der Waals surface area contributed by atoms with E-state index in [4.69, 9.17) is 9.52 Å². The van der Waals surface area contributed by atoms with Crippen molar-refractivity contribution in [1.82, 2.24) is 25.2 Å². The molecule has 0 saturated carbocycles. The molecule has 2 rings (SSSR count). The number of aromatic carboxylic acids is 1. The summed E-state index contributed by atoms with van der Waals surface area (Å²) in [6, 6.07) is 0. The van der Waals surface area contributed by atoms with E-state index in [-0.39, 0.29) is 18.2 Å². The SMILES string of the molecule is Cc1nnc(Cn2nnc(C(=O)O)c2C(C)C)o1. The molecule has 0 aliphatic rings. The Balaban J connectivity index is 2.36. The number of carboxylic acid groups (broad SMARTS) is 1. The van der Waals surface area contributed by atoms with E-state index in [1.807, 2.05) is 13.8 Å². The first-order valence-electron chi connectivity index (χ1n) is 5.44. The molecule has 0 radical (unpaired) electrons. The van der Waals surface area contributed by atoms with E-state index in [2.05, 4.69) is 20.5 Å². The molecule has 0 atom stereocenters. The Morgan fingerprint density at radius 1 is 1.39 bits per heavy atom. The van der Waals surface area contributed by atoms with Crippen molar-refractivity contribution >= 4 is 5.97 Å². The van der Waals surface area contributed by atoms with Gasteiger partial charge in [-0.05, 0) is 5.92 Å². The van der Waals surface area contributed by atoms with Crippen LogP contribution in [0.15, 0.2) is 4.42 Å². The average molecular weight is 251 g/mol. The number of hydrogen-bond donors (Lipinski definition) is 1. The molecule has 8 heteroatoms. The number of aryl methyl sites for hydroxylation is 1. The summed E-state index contributed by atoms with van der Waals surface area (Å²) < 4.78 is 6.71. The van der Waals surface area contributed by atoms with Gasteiger partial charge in [-0.3, -0.25) is 0 Å². The highest BCUT2D eigenvalue weighted by Crippen LogP contribution is 2.18. The normalized spacial score (nSPS) is 11.1. The lowest BCUT2D eigenvalue weighted by Gasteiger charge is -2.07. The van der Waals surface area contributed by atoms with Gasteiger partial charge in [0.2, 0.25) is 11.8 Å². The quantitative estimate of drug-likeness (QED) is 0.857. The number of carboxylic acids is 1. The fourth-order valence-electron chi connectivity index (χ4n) is 1.69. The Bertz CT molecular complexity index is 572. The van der Waals surface area contributed by atoms with Gasteiger partial charge in [0.15, 0.2) is 5.69 Å². The highest BCUT2D eigenvalue weighted by atomic mass is 16.4. The maximum atomic E-state index is 11.0. The molecule has 2 heterocycles. The third-order valence-electron chi connectivity index (χ3n) is 2.38. The van der Waals surface area contributed by atoms with Crippen LogP contribution in [0.25, 0.3) is 0 Å². The number of hydrogen-bond acceptors (Lipinski definition) is 6. The van der Waals surface area contributed by atoms with Crippen molar-refractivity contribution in [2.45, 2.75) is 33.2 Å². The van der Waals surface area contributed by atoms with E-state index >= 15 is 0 Å². The summed E-state index contributed by atoms with van der Waals surface area (Å²) in [4.78, 5) is 11.0. The van der Waals surface area contributed by atoms with Crippen LogP contribution in [0, 0.1) is 6.92 Å². The van der Waals surface area contributed by atoms with Gasteiger partial charge in [-0.15, -0.1) is 15.3 Å². The summed E-state index contributed by atoms with van der Waals surface area (Å²) in [6.07, 6.45) is 0. The molecule has 0 spiro atoms. The van der Waals surface area contributed by atoms with Gasteiger partial charge < -0.3 is 9.52 Å². The maximum absolute atomic E-state index is 11.0. The first-order valence-corrected chi connectivity index (χ1v) is 5.44. The zero-order valence-corrected chi connectivity index (χ0v) is 10.3. The second kappa shape index (κ2) is 4.55. The van der Waals surface area contributed by atoms with E-state index < -0.39 is 5.97 Å². The maximum Gasteiger partial charge on any atom is 0.358 e. The second-order valence-corrected chi connectivity index (χ2v) is 4.16. The average Bonchev–Trinajstić information content (AvgIpc) is 2.85. The lowest BCUT2D eigenvalue weighted by molar-refractivity contribution is 0.0688. The molecule has 0 amide bonds. The van der Waals surface area contributed by atoms with Crippen molar-refractivity contribution in [2.75, 3.05) is 0 Å². The van der Waals surface area contributed by atoms with E-state index in [1.165, 1.54) is 4.68 Å². The number of carbonyl (C=O) groups is 1. The Hall–Kier alpha value is -2.25. The Labute approximate surface area is 103 Å². The number of nitrogens with zero attached hydrogens (tertiary/aromatic N) is 5. The lowest BCUT2D eigenvalue weighted by Crippen LogP contribution is -2.11. The number of rotatable bonds is 4. The molecule has 8 nitrogen and oxygen atoms in total. The van der Waals surface area contributed by atoms with Crippen LogP contribution in [0.5, 0.6) is 0 Å². The molecule has 2 aromatic rings. The van der Waals surface area contributed by atoms with E-state index in [0.717, 1.165) is 0 Å². The molecule has 0 saturated heterocycles. The van der Waals surface area contributed by atoms with Crippen LogP contribution < -0.4 is 0 Å². The summed E-state index contributed by atoms with van der Waals surface area (Å²) in [5.41, 5.74) is 0.500. The zero-order chi connectivity index (χ0) is 13.3. The van der Waals surface area contributed by atoms with Gasteiger partial charge in [0.05, 0.1) is 5.69 Å². The third kappa shape index (κ3) is 2.22. The lowest BCUT2D eigenvalue weighted by atomic mass is 10.1. The molecule has 0 aliphatic carbocycles. The number of aromatic nitrogens is 5. The highest BCUT2D eigenvalue weighted by Gasteiger charge is 2.22. The molecule has 2 aromatic heterocycles. The van der Waals surface area contributed by atoms with Crippen LogP contribution in [0.4, 0.5) is 0 Å². The Morgan fingerprint density at radius 3 is 2.61 bits per heavy atom. The molecular formula is C10H13N5O3. The summed E-state index contributed by atoms with van der Waals surface area (Å²) in [7, 11) is 0. The van der Waals surface area contributed by atoms with Gasteiger partial charge >= 0.3 is 5.97 Å². The van der Waals surface area contributed by atoms with E-state index in [0.29, 0.717) is 17.5 Å². The molecule has 0 bridgehead atoms. The fraction of sp³-hybridized carbons (Fsp3) is 0.500. The van der Waals surface area contributed by atoms with Crippen molar-refractivity contribution in [3.05, 3.63) is 23.2 Å². The molecule has 0 aliphatic heterocycles. The Kier molecular flexibility index (Phi) is 3.09. The van der Waals surface area contributed by atoms with Gasteiger partial charge in [0, 0.05) is 6.92 Å². The minimum absolute atomic E-state index is 0.0184. The Morgan fingerprint density at radius 2 is 2.11 bits per heavy atom. The van der Waals surface area contributed by atoms with Crippen LogP contribution in [0.2, 0.25) is 0 Å². The predicted molar refractivity (Wildman–Crippen MR) is 59.2 cm³/mol. The summed E-state index contributed by atoms with van der Waals surface area (Å²) >= 11 is 0. The fourth-order valence-corrected chi connectivity index (χ4v) is 1.69. The topological polar surface area (TPSA) is 107 Å². The molecule has 0 aromatic carbocycles. The third-order valence-corrected chi connectivity index (χ3v) is 2.38. The van der Waals surface area contributed by atoms with Crippen molar-refractivity contribution in [3.8, 4) is 0 Å². The van der Waals surface area contributed by atoms with E-state index in [1.54, 1.807) is 6.92 Å². The van der Waals surface area contributed by atoms with Gasteiger partial charge in [0.1, 0.15) is 6.54 Å². The van der Waals surface area contributed by atoms with Crippen molar-refractivity contribution < 1.29 is 14.3 Å². The van der Waals surface area contributed by atoms with Crippen molar-refractivity contribution in [1.29, 1.82) is 0 Å². The van der Waals surface area contributed by atoms with Crippen LogP contribution in [0.3, 0.4) is 0 Å². The first-order chi connectivity index (χ1) is 8.49. The van der Waals surface area contributed by atoms with Crippen LogP contribution in [-0.2, 0) is 6.54 Å². The van der Waals surface area contributed by atoms with Crippen molar-refractivity contribution in [2.24, 2.45) is 0 Å². The minimum Gasteiger partial charge on any atom is -0.476 e. The second-order valence-electron chi connectivity index (χ2n) is 4.16. The predicted octanol–water partition coefficient (Wildman–Crippen LogP) is 0.839. The summed E-state index contributed by atoms with van der Waals surface area (Å²) in [5.74, 6) is -0.285. The first kappa shape index (κ1) is 12.2. The van der Waals surface area contributed by atoms with E-state index in [9.17, 15) is 4.79 Å². The molecular weight excluding hydrogens is 238 g/mol. The minimum atomic E-state index is -1.09. The smallest absolute Gasteiger partial charge is 0.358 e. The molecule has 96 valence electrons. The van der Waals surface area contributed by atoms with Crippen molar-refractivity contribution in [3.63, 3.8) is 0 Å². The molecule has 0 fully saturated rings. The highest BCUT2D eigenvalue weighted by molar-refractivity contribution is 5.86. The monoisotopic (exact) mass is 251 g/mol. The molecule has 0 unspecified atom stereocenters. The van der Waals surface area contributed by atoms with Gasteiger partial charge in [-0.1, -0.05) is 19.1 Å². The zero-order valence-electron chi connectivity index (χ0n) is 10.3. The van der Waals surface area contributed by atoms with Crippen LogP contribution in [0.1, 0.15) is 47.7 Å². The standard InChI is InChI=1S/C10H13N5O3/c1-5(2)9-8(10(16)17)13-14-15(9)4-7-12-11-6(3)18-7/h5H,4H2,1-3H3,(H,16,17). The molecule has 1 N–H and O–H groups in total. The van der Waals surface area contributed by atoms with Crippen LogP contribution >= 0.6 is 0 Å². The summed E-state index contributed by atoms with van der Waals surface area (Å²) in [6.45, 7) is 5.65. The molecule has 18 heavy (non-hydrogen) atoms. The van der Waals surface area contributed by atoms with Gasteiger partial charge in [0.25, 0.3) is 0 Å². The summed E-state index contributed by atoms with van der Waals surface area (Å²) in [5, 5.41) is 24.1. The largest absolute Gasteiger partial charge is 0.476 e.